The van der Waals surface area contributed by atoms with Gasteiger partial charge in [-0.25, -0.2) is 4.79 Å². The third-order valence-electron chi connectivity index (χ3n) is 5.95. The second-order valence-electron chi connectivity index (χ2n) is 9.83. The molecule has 0 bridgehead atoms. The van der Waals surface area contributed by atoms with E-state index in [9.17, 15) is 18.0 Å². The molecule has 2 heterocycles. The number of hydrogen-bond acceptors (Lipinski definition) is 5. The van der Waals surface area contributed by atoms with Crippen LogP contribution in [0.5, 0.6) is 5.75 Å². The minimum atomic E-state index is -4.77. The number of nitrogens with two attached hydrogens (primary N) is 1. The fraction of sp³-hybridized carbons (Fsp3) is 0.370. The maximum absolute atomic E-state index is 14.5. The number of benzene rings is 2. The molecule has 0 amide bonds. The number of hydrogen-bond donors (Lipinski definition) is 1. The second-order valence-corrected chi connectivity index (χ2v) is 9.83. The van der Waals surface area contributed by atoms with Gasteiger partial charge in [0.15, 0.2) is 6.10 Å². The molecule has 1 unspecified atom stereocenters. The van der Waals surface area contributed by atoms with Crippen molar-refractivity contribution in [2.45, 2.75) is 51.5 Å². The lowest BCUT2D eigenvalue weighted by Gasteiger charge is -2.30. The molecule has 36 heavy (non-hydrogen) atoms. The van der Waals surface area contributed by atoms with Gasteiger partial charge in [0.05, 0.1) is 17.8 Å². The highest BCUT2D eigenvalue weighted by Crippen LogP contribution is 2.47. The number of carbonyl (C=O) groups excluding carboxylic acids is 1. The molecule has 192 valence electrons. The number of fused-ring (bicyclic) bond motifs is 1. The zero-order valence-electron chi connectivity index (χ0n) is 20.6. The molecule has 0 spiro atoms. The van der Waals surface area contributed by atoms with Crippen molar-refractivity contribution in [1.29, 1.82) is 0 Å². The highest BCUT2D eigenvalue weighted by atomic mass is 19.4. The van der Waals surface area contributed by atoms with Crippen LogP contribution in [-0.4, -0.2) is 22.7 Å². The van der Waals surface area contributed by atoms with Crippen LogP contribution in [0, 0.1) is 0 Å². The Morgan fingerprint density at radius 1 is 1.11 bits per heavy atom. The molecule has 9 heteroatoms. The number of halogens is 3. The summed E-state index contributed by atoms with van der Waals surface area (Å²) in [5, 5.41) is 0. The Kier molecular flexibility index (Phi) is 6.90. The summed E-state index contributed by atoms with van der Waals surface area (Å²) in [6.45, 7) is 5.52. The van der Waals surface area contributed by atoms with Gasteiger partial charge in [0.1, 0.15) is 5.75 Å². The van der Waals surface area contributed by atoms with Crippen LogP contribution in [0.2, 0.25) is 0 Å². The van der Waals surface area contributed by atoms with E-state index in [-0.39, 0.29) is 11.1 Å². The van der Waals surface area contributed by atoms with Crippen LogP contribution in [0.15, 0.2) is 48.8 Å². The Bertz CT molecular complexity index is 1270. The molecule has 6 nitrogen and oxygen atoms in total. The van der Waals surface area contributed by atoms with Crippen LogP contribution in [0.1, 0.15) is 50.0 Å². The Balaban J connectivity index is 2.10. The number of carbonyl (C=O) groups is 1. The van der Waals surface area contributed by atoms with E-state index in [0.29, 0.717) is 29.0 Å². The van der Waals surface area contributed by atoms with Crippen molar-refractivity contribution < 1.29 is 32.3 Å². The van der Waals surface area contributed by atoms with Gasteiger partial charge in [-0.05, 0) is 85.7 Å². The normalized spacial score (nSPS) is 14.7. The average Bonchev–Trinajstić information content (AvgIpc) is 3.25. The molecule has 3 aromatic rings. The molecule has 0 radical (unpaired) electrons. The van der Waals surface area contributed by atoms with E-state index < -0.39 is 29.4 Å². The van der Waals surface area contributed by atoms with Crippen LogP contribution in [0.3, 0.4) is 0 Å². The molecule has 1 aromatic heterocycles. The second kappa shape index (κ2) is 9.63. The minimum absolute atomic E-state index is 0.226. The van der Waals surface area contributed by atoms with Crippen molar-refractivity contribution in [1.82, 2.24) is 4.57 Å². The predicted octanol–water partition coefficient (Wildman–Crippen LogP) is 5.98. The van der Waals surface area contributed by atoms with Crippen molar-refractivity contribution in [2.75, 3.05) is 6.61 Å². The third-order valence-corrected chi connectivity index (χ3v) is 5.95. The summed E-state index contributed by atoms with van der Waals surface area (Å²) >= 11 is 0. The predicted molar refractivity (Wildman–Crippen MR) is 129 cm³/mol. The molecule has 0 fully saturated rings. The zero-order valence-corrected chi connectivity index (χ0v) is 20.6. The van der Waals surface area contributed by atoms with E-state index in [2.05, 4.69) is 4.84 Å². The molecule has 1 atom stereocenters. The van der Waals surface area contributed by atoms with Crippen molar-refractivity contribution in [3.8, 4) is 28.0 Å². The van der Waals surface area contributed by atoms with Gasteiger partial charge in [-0.15, -0.1) is 0 Å². The highest BCUT2D eigenvalue weighted by molar-refractivity contribution is 5.91. The molecule has 0 aliphatic carbocycles. The molecule has 4 rings (SSSR count). The smallest absolute Gasteiger partial charge is 0.416 e. The maximum atomic E-state index is 14.5. The first-order valence-corrected chi connectivity index (χ1v) is 11.6. The number of alkyl halides is 3. The summed E-state index contributed by atoms with van der Waals surface area (Å²) in [7, 11) is 1.82. The molecule has 2 aromatic carbocycles. The molecular formula is C27H29F3N2O4. The average molecular weight is 503 g/mol. The van der Waals surface area contributed by atoms with E-state index in [0.717, 1.165) is 24.5 Å². The lowest BCUT2D eigenvalue weighted by molar-refractivity contribution is -0.169. The number of aryl methyl sites for hydroxylation is 2. The van der Waals surface area contributed by atoms with Gasteiger partial charge in [-0.2, -0.15) is 19.1 Å². The first-order valence-electron chi connectivity index (χ1n) is 11.6. The summed E-state index contributed by atoms with van der Waals surface area (Å²) in [6, 6.07) is 9.49. The summed E-state index contributed by atoms with van der Waals surface area (Å²) in [4.78, 5) is 17.3. The van der Waals surface area contributed by atoms with Crippen LogP contribution in [-0.2, 0) is 34.0 Å². The fourth-order valence-electron chi connectivity index (χ4n) is 4.51. The van der Waals surface area contributed by atoms with Crippen molar-refractivity contribution in [3.05, 3.63) is 65.5 Å². The van der Waals surface area contributed by atoms with Gasteiger partial charge in [-0.1, -0.05) is 12.1 Å². The van der Waals surface area contributed by atoms with E-state index in [1.54, 1.807) is 55.9 Å². The highest BCUT2D eigenvalue weighted by Gasteiger charge is 2.42. The number of ether oxygens (including phenoxy) is 2. The minimum Gasteiger partial charge on any atom is -0.493 e. The zero-order chi connectivity index (χ0) is 26.3. The topological polar surface area (TPSA) is 75.7 Å². The number of nitrogens with zero attached hydrogens (tertiary/aromatic N) is 1. The van der Waals surface area contributed by atoms with Gasteiger partial charge in [0.2, 0.25) is 0 Å². The summed E-state index contributed by atoms with van der Waals surface area (Å²) in [6.07, 6.45) is -1.37. The first kappa shape index (κ1) is 25.8. The Labute approximate surface area is 207 Å². The van der Waals surface area contributed by atoms with Gasteiger partial charge in [0.25, 0.3) is 0 Å². The van der Waals surface area contributed by atoms with E-state index in [1.165, 1.54) is 6.07 Å². The number of rotatable bonds is 5. The van der Waals surface area contributed by atoms with Gasteiger partial charge >= 0.3 is 12.1 Å². The summed E-state index contributed by atoms with van der Waals surface area (Å²) < 4.78 is 56.8. The van der Waals surface area contributed by atoms with Crippen LogP contribution in [0.4, 0.5) is 13.2 Å². The lowest BCUT2D eigenvalue weighted by Crippen LogP contribution is -2.32. The van der Waals surface area contributed by atoms with Gasteiger partial charge in [0, 0.05) is 25.0 Å². The summed E-state index contributed by atoms with van der Waals surface area (Å²) in [5.41, 5.74) is 0.503. The first-order chi connectivity index (χ1) is 16.9. The molecule has 0 saturated carbocycles. The van der Waals surface area contributed by atoms with Gasteiger partial charge in [-0.3, -0.25) is 0 Å². The Hall–Kier alpha value is -3.30. The monoisotopic (exact) mass is 502 g/mol. The van der Waals surface area contributed by atoms with Crippen molar-refractivity contribution >= 4 is 5.97 Å². The molecule has 1 aliphatic rings. The molecular weight excluding hydrogens is 473 g/mol. The van der Waals surface area contributed by atoms with Crippen molar-refractivity contribution in [2.24, 2.45) is 12.9 Å². The number of aromatic nitrogens is 1. The van der Waals surface area contributed by atoms with E-state index in [4.69, 9.17) is 15.4 Å². The fourth-order valence-corrected chi connectivity index (χ4v) is 4.51. The maximum Gasteiger partial charge on any atom is 0.416 e. The quantitative estimate of drug-likeness (QED) is 0.435. The lowest BCUT2D eigenvalue weighted by atomic mass is 9.84. The SMILES string of the molecule is Cn1ccc(-c2ccc(C(F)(F)F)c(C(OC(C)(C)C)C(=O)ON)c2-c2ccc3c(c2)CCCO3)c1. The Morgan fingerprint density at radius 3 is 2.47 bits per heavy atom. The van der Waals surface area contributed by atoms with Crippen LogP contribution >= 0.6 is 0 Å². The van der Waals surface area contributed by atoms with Crippen molar-refractivity contribution in [3.63, 3.8) is 0 Å². The largest absolute Gasteiger partial charge is 0.493 e. The van der Waals surface area contributed by atoms with Crippen LogP contribution in [0.25, 0.3) is 22.3 Å². The molecule has 1 aliphatic heterocycles. The molecule has 0 saturated heterocycles. The Morgan fingerprint density at radius 2 is 1.86 bits per heavy atom. The van der Waals surface area contributed by atoms with E-state index >= 15 is 0 Å². The third kappa shape index (κ3) is 5.27. The van der Waals surface area contributed by atoms with Gasteiger partial charge < -0.3 is 18.9 Å². The summed E-state index contributed by atoms with van der Waals surface area (Å²) in [5.74, 6) is 4.77. The van der Waals surface area contributed by atoms with Crippen LogP contribution < -0.4 is 10.6 Å². The molecule has 2 N–H and O–H groups in total. The standard InChI is InChI=1S/C27H29F3N2O4/c1-26(2,3)35-24(25(33)36-31)23-20(27(28,29)30)9-8-19(18-11-12-32(4)15-18)22(23)17-7-10-21-16(14-17)6-5-13-34-21/h7-12,14-15,24H,5-6,13,31H2,1-4H3. The van der Waals surface area contributed by atoms with E-state index in [1.807, 2.05) is 13.1 Å².